The zero-order valence-electron chi connectivity index (χ0n) is 11.2. The van der Waals surface area contributed by atoms with E-state index in [4.69, 9.17) is 0 Å². The second-order valence-corrected chi connectivity index (χ2v) is 5.51. The molecule has 0 spiro atoms. The number of imidazole rings is 1. The maximum absolute atomic E-state index is 11.0. The minimum absolute atomic E-state index is 0.176. The van der Waals surface area contributed by atoms with Crippen LogP contribution < -0.4 is 0 Å². The predicted molar refractivity (Wildman–Crippen MR) is 82.3 cm³/mol. The van der Waals surface area contributed by atoms with Crippen LogP contribution in [0.15, 0.2) is 54.2 Å². The molecule has 0 saturated heterocycles. The van der Waals surface area contributed by atoms with Crippen LogP contribution in [-0.2, 0) is 13.0 Å². The largest absolute Gasteiger partial charge is 0.330 e. The van der Waals surface area contributed by atoms with Crippen LogP contribution in [0, 0.1) is 10.1 Å². The lowest BCUT2D eigenvalue weighted by molar-refractivity contribution is -0.385. The molecule has 0 aliphatic rings. The molecule has 1 aromatic carbocycles. The molecule has 3 rings (SSSR count). The summed E-state index contributed by atoms with van der Waals surface area (Å²) in [6, 6.07) is 10.9. The van der Waals surface area contributed by atoms with E-state index in [9.17, 15) is 10.1 Å². The van der Waals surface area contributed by atoms with Gasteiger partial charge in [-0.2, -0.15) is 0 Å². The first kappa shape index (κ1) is 13.5. The van der Waals surface area contributed by atoms with Gasteiger partial charge in [0.15, 0.2) is 0 Å². The van der Waals surface area contributed by atoms with E-state index in [1.54, 1.807) is 35.7 Å². The summed E-state index contributed by atoms with van der Waals surface area (Å²) in [7, 11) is 0. The van der Waals surface area contributed by atoms with E-state index in [1.807, 2.05) is 34.3 Å². The fourth-order valence-corrected chi connectivity index (χ4v) is 3.00. The van der Waals surface area contributed by atoms with Gasteiger partial charge in [0.2, 0.25) is 0 Å². The number of nitro groups is 1. The van der Waals surface area contributed by atoms with Gasteiger partial charge in [-0.3, -0.25) is 10.1 Å². The van der Waals surface area contributed by atoms with E-state index in [1.165, 1.54) is 0 Å². The van der Waals surface area contributed by atoms with E-state index in [-0.39, 0.29) is 10.6 Å². The number of rotatable bonds is 5. The van der Waals surface area contributed by atoms with E-state index in [2.05, 4.69) is 4.98 Å². The molecular formula is C15H13N3O2S. The van der Waals surface area contributed by atoms with Crippen LogP contribution >= 0.6 is 11.3 Å². The maximum atomic E-state index is 11.0. The van der Waals surface area contributed by atoms with Crippen LogP contribution in [0.2, 0.25) is 0 Å². The molecule has 106 valence electrons. The summed E-state index contributed by atoms with van der Waals surface area (Å²) in [5.74, 6) is 0.906. The first-order valence-corrected chi connectivity index (χ1v) is 7.41. The molecule has 0 N–H and O–H groups in total. The SMILES string of the molecule is O=[N+]([O-])c1ccccc1CCn1ccnc1-c1cccs1. The fourth-order valence-electron chi connectivity index (χ4n) is 2.26. The van der Waals surface area contributed by atoms with Gasteiger partial charge in [0.05, 0.1) is 9.80 Å². The number of para-hydroxylation sites is 1. The summed E-state index contributed by atoms with van der Waals surface area (Å²) in [5.41, 5.74) is 0.920. The number of benzene rings is 1. The molecule has 2 heterocycles. The fraction of sp³-hybridized carbons (Fsp3) is 0.133. The number of hydrogen-bond acceptors (Lipinski definition) is 4. The molecule has 0 radical (unpaired) electrons. The highest BCUT2D eigenvalue weighted by Gasteiger charge is 2.13. The molecule has 0 bridgehead atoms. The number of nitro benzene ring substituents is 1. The number of hydrogen-bond donors (Lipinski definition) is 0. The average Bonchev–Trinajstić information content (AvgIpc) is 3.16. The van der Waals surface area contributed by atoms with Crippen molar-refractivity contribution in [2.24, 2.45) is 0 Å². The quantitative estimate of drug-likeness (QED) is 0.532. The Balaban J connectivity index is 1.81. The summed E-state index contributed by atoms with van der Waals surface area (Å²) in [4.78, 5) is 16.2. The van der Waals surface area contributed by atoms with Gasteiger partial charge in [0, 0.05) is 30.6 Å². The summed E-state index contributed by atoms with van der Waals surface area (Å²) in [6.07, 6.45) is 4.27. The Kier molecular flexibility index (Phi) is 3.79. The minimum atomic E-state index is -0.330. The van der Waals surface area contributed by atoms with Gasteiger partial charge < -0.3 is 4.57 Å². The van der Waals surface area contributed by atoms with Crippen LogP contribution in [-0.4, -0.2) is 14.5 Å². The highest BCUT2D eigenvalue weighted by atomic mass is 32.1. The van der Waals surface area contributed by atoms with Gasteiger partial charge in [-0.05, 0) is 17.9 Å². The standard InChI is InChI=1S/C15H13N3O2S/c19-18(20)13-5-2-1-4-12(13)7-9-17-10-8-16-15(17)14-6-3-11-21-14/h1-6,8,10-11H,7,9H2. The lowest BCUT2D eigenvalue weighted by Crippen LogP contribution is -2.04. The molecule has 6 heteroatoms. The zero-order chi connectivity index (χ0) is 14.7. The Morgan fingerprint density at radius 2 is 2.10 bits per heavy atom. The van der Waals surface area contributed by atoms with Crippen molar-refractivity contribution in [2.75, 3.05) is 0 Å². The summed E-state index contributed by atoms with van der Waals surface area (Å²) in [6.45, 7) is 0.665. The van der Waals surface area contributed by atoms with Crippen molar-refractivity contribution in [2.45, 2.75) is 13.0 Å². The highest BCUT2D eigenvalue weighted by Crippen LogP contribution is 2.24. The molecule has 0 unspecified atom stereocenters. The monoisotopic (exact) mass is 299 g/mol. The van der Waals surface area contributed by atoms with E-state index in [0.29, 0.717) is 13.0 Å². The number of aromatic nitrogens is 2. The second kappa shape index (κ2) is 5.88. The van der Waals surface area contributed by atoms with Crippen LogP contribution in [0.5, 0.6) is 0 Å². The highest BCUT2D eigenvalue weighted by molar-refractivity contribution is 7.13. The molecule has 2 aromatic heterocycles. The van der Waals surface area contributed by atoms with E-state index in [0.717, 1.165) is 16.3 Å². The number of aryl methyl sites for hydroxylation is 2. The molecule has 21 heavy (non-hydrogen) atoms. The predicted octanol–water partition coefficient (Wildman–Crippen LogP) is 3.76. The third-order valence-corrected chi connectivity index (χ3v) is 4.13. The van der Waals surface area contributed by atoms with E-state index >= 15 is 0 Å². The van der Waals surface area contributed by atoms with Crippen LogP contribution in [0.25, 0.3) is 10.7 Å². The summed E-state index contributed by atoms with van der Waals surface area (Å²) in [5, 5.41) is 13.0. The van der Waals surface area contributed by atoms with Crippen LogP contribution in [0.1, 0.15) is 5.56 Å². The normalized spacial score (nSPS) is 10.7. The third-order valence-electron chi connectivity index (χ3n) is 3.27. The summed E-state index contributed by atoms with van der Waals surface area (Å²) < 4.78 is 2.03. The molecule has 0 saturated carbocycles. The lowest BCUT2D eigenvalue weighted by atomic mass is 10.1. The Bertz CT molecular complexity index is 750. The number of nitrogens with zero attached hydrogens (tertiary/aromatic N) is 3. The molecule has 0 amide bonds. The van der Waals surface area contributed by atoms with Crippen molar-refractivity contribution >= 4 is 17.0 Å². The molecule has 0 aliphatic carbocycles. The maximum Gasteiger partial charge on any atom is 0.272 e. The van der Waals surface area contributed by atoms with Crippen molar-refractivity contribution in [3.05, 3.63) is 69.8 Å². The Morgan fingerprint density at radius 1 is 1.24 bits per heavy atom. The number of thiophene rings is 1. The Hall–Kier alpha value is -2.47. The lowest BCUT2D eigenvalue weighted by Gasteiger charge is -2.07. The van der Waals surface area contributed by atoms with Crippen LogP contribution in [0.4, 0.5) is 5.69 Å². The zero-order valence-corrected chi connectivity index (χ0v) is 12.0. The van der Waals surface area contributed by atoms with Crippen molar-refractivity contribution < 1.29 is 4.92 Å². The smallest absolute Gasteiger partial charge is 0.272 e. The summed E-state index contributed by atoms with van der Waals surface area (Å²) >= 11 is 1.63. The molecule has 3 aromatic rings. The first-order valence-electron chi connectivity index (χ1n) is 6.53. The van der Waals surface area contributed by atoms with Crippen molar-refractivity contribution in [1.29, 1.82) is 0 Å². The minimum Gasteiger partial charge on any atom is -0.330 e. The second-order valence-electron chi connectivity index (χ2n) is 4.56. The van der Waals surface area contributed by atoms with E-state index < -0.39 is 0 Å². The first-order chi connectivity index (χ1) is 10.3. The Morgan fingerprint density at radius 3 is 2.86 bits per heavy atom. The topological polar surface area (TPSA) is 61.0 Å². The van der Waals surface area contributed by atoms with Gasteiger partial charge >= 0.3 is 0 Å². The van der Waals surface area contributed by atoms with Crippen molar-refractivity contribution in [3.8, 4) is 10.7 Å². The van der Waals surface area contributed by atoms with Crippen molar-refractivity contribution in [1.82, 2.24) is 9.55 Å². The molecule has 0 fully saturated rings. The van der Waals surface area contributed by atoms with Gasteiger partial charge in [-0.1, -0.05) is 24.3 Å². The van der Waals surface area contributed by atoms with Crippen molar-refractivity contribution in [3.63, 3.8) is 0 Å². The molecular weight excluding hydrogens is 286 g/mol. The van der Waals surface area contributed by atoms with Gasteiger partial charge in [0.1, 0.15) is 5.82 Å². The molecule has 0 aliphatic heterocycles. The molecule has 5 nitrogen and oxygen atoms in total. The molecule has 0 atom stereocenters. The average molecular weight is 299 g/mol. The van der Waals surface area contributed by atoms with Gasteiger partial charge in [-0.25, -0.2) is 4.98 Å². The van der Waals surface area contributed by atoms with Crippen LogP contribution in [0.3, 0.4) is 0 Å². The third kappa shape index (κ3) is 2.85. The van der Waals surface area contributed by atoms with Gasteiger partial charge in [-0.15, -0.1) is 11.3 Å². The Labute approximate surface area is 125 Å². The van der Waals surface area contributed by atoms with Gasteiger partial charge in [0.25, 0.3) is 5.69 Å².